The van der Waals surface area contributed by atoms with Crippen molar-refractivity contribution >= 4 is 5.57 Å². The SMILES string of the molecule is C1=CCCC(c2ccccc2-c2cc(-c3ccccc3-c3ccccc3)cc(-c3ccccc3C3C=CC=CC3)c2)=C1. The van der Waals surface area contributed by atoms with Gasteiger partial charge in [-0.25, -0.2) is 0 Å². The van der Waals surface area contributed by atoms with Crippen LogP contribution < -0.4 is 0 Å². The molecule has 202 valence electrons. The molecule has 7 rings (SSSR count). The first-order valence-corrected chi connectivity index (χ1v) is 15.0. The van der Waals surface area contributed by atoms with Gasteiger partial charge in [-0.2, -0.15) is 0 Å². The molecular formula is C42H34. The van der Waals surface area contributed by atoms with E-state index in [4.69, 9.17) is 0 Å². The van der Waals surface area contributed by atoms with E-state index >= 15 is 0 Å². The van der Waals surface area contributed by atoms with Gasteiger partial charge in [-0.05, 0) is 98.7 Å². The second-order valence-electron chi connectivity index (χ2n) is 11.2. The Balaban J connectivity index is 1.46. The number of hydrogen-bond donors (Lipinski definition) is 0. The highest BCUT2D eigenvalue weighted by atomic mass is 14.2. The topological polar surface area (TPSA) is 0 Å². The molecule has 1 atom stereocenters. The van der Waals surface area contributed by atoms with Crippen LogP contribution in [-0.4, -0.2) is 0 Å². The van der Waals surface area contributed by atoms with Crippen LogP contribution in [0.3, 0.4) is 0 Å². The summed E-state index contributed by atoms with van der Waals surface area (Å²) in [6, 6.07) is 44.7. The molecule has 0 aliphatic heterocycles. The third-order valence-electron chi connectivity index (χ3n) is 8.51. The first kappa shape index (κ1) is 26.0. The molecule has 5 aromatic carbocycles. The average Bonchev–Trinajstić information content (AvgIpc) is 3.09. The third-order valence-corrected chi connectivity index (χ3v) is 8.51. The molecule has 0 heterocycles. The highest BCUT2D eigenvalue weighted by Gasteiger charge is 2.18. The van der Waals surface area contributed by atoms with Crippen molar-refractivity contribution in [3.63, 3.8) is 0 Å². The van der Waals surface area contributed by atoms with E-state index in [-0.39, 0.29) is 0 Å². The van der Waals surface area contributed by atoms with Crippen molar-refractivity contribution in [1.82, 2.24) is 0 Å². The molecule has 0 N–H and O–H groups in total. The van der Waals surface area contributed by atoms with Crippen LogP contribution >= 0.6 is 0 Å². The summed E-state index contributed by atoms with van der Waals surface area (Å²) >= 11 is 0. The minimum absolute atomic E-state index is 0.376. The largest absolute Gasteiger partial charge is 0.0842 e. The Morgan fingerprint density at radius 3 is 1.67 bits per heavy atom. The zero-order valence-electron chi connectivity index (χ0n) is 23.8. The predicted octanol–water partition coefficient (Wildman–Crippen LogP) is 11.7. The molecule has 0 bridgehead atoms. The molecule has 0 fully saturated rings. The Bertz CT molecular complexity index is 1840. The van der Waals surface area contributed by atoms with E-state index in [1.165, 1.54) is 61.2 Å². The Morgan fingerprint density at radius 2 is 1.02 bits per heavy atom. The quantitative estimate of drug-likeness (QED) is 0.202. The van der Waals surface area contributed by atoms with Crippen molar-refractivity contribution in [3.8, 4) is 44.5 Å². The van der Waals surface area contributed by atoms with E-state index in [0.717, 1.165) is 19.3 Å². The first-order valence-electron chi connectivity index (χ1n) is 15.0. The lowest BCUT2D eigenvalue weighted by Gasteiger charge is -2.21. The van der Waals surface area contributed by atoms with Gasteiger partial charge in [0.25, 0.3) is 0 Å². The summed E-state index contributed by atoms with van der Waals surface area (Å²) in [6.07, 6.45) is 18.9. The molecule has 0 saturated heterocycles. The van der Waals surface area contributed by atoms with Gasteiger partial charge in [0.15, 0.2) is 0 Å². The lowest BCUT2D eigenvalue weighted by Crippen LogP contribution is -1.99. The summed E-state index contributed by atoms with van der Waals surface area (Å²) in [4.78, 5) is 0. The van der Waals surface area contributed by atoms with Crippen molar-refractivity contribution < 1.29 is 0 Å². The minimum atomic E-state index is 0.376. The molecular weight excluding hydrogens is 504 g/mol. The summed E-state index contributed by atoms with van der Waals surface area (Å²) in [5, 5.41) is 0. The molecule has 2 aliphatic rings. The lowest BCUT2D eigenvalue weighted by atomic mass is 9.83. The number of allylic oxidation sites excluding steroid dienone is 8. The highest BCUT2D eigenvalue weighted by molar-refractivity contribution is 5.91. The standard InChI is InChI=1S/C42H34/c1-4-16-31(17-5-1)37-22-10-13-25-40(37)34-28-35(41-26-14-11-23-38(41)32-18-6-2-7-19-32)30-36(29-34)42-27-15-12-24-39(42)33-20-8-3-9-21-33/h1-8,10-18,20,22-30,32H,9,19,21H2. The fraction of sp³-hybridized carbons (Fsp3) is 0.0952. The van der Waals surface area contributed by atoms with Gasteiger partial charge in [-0.3, -0.25) is 0 Å². The zero-order valence-corrected chi connectivity index (χ0v) is 23.8. The first-order chi connectivity index (χ1) is 20.8. The molecule has 0 amide bonds. The van der Waals surface area contributed by atoms with E-state index in [0.29, 0.717) is 5.92 Å². The zero-order chi connectivity index (χ0) is 28.1. The molecule has 0 nitrogen and oxygen atoms in total. The summed E-state index contributed by atoms with van der Waals surface area (Å²) in [5.74, 6) is 0.376. The number of rotatable bonds is 6. The average molecular weight is 539 g/mol. The van der Waals surface area contributed by atoms with Crippen molar-refractivity contribution in [2.75, 3.05) is 0 Å². The van der Waals surface area contributed by atoms with Crippen LogP contribution in [0.25, 0.3) is 50.1 Å². The summed E-state index contributed by atoms with van der Waals surface area (Å²) in [6.45, 7) is 0. The van der Waals surface area contributed by atoms with Gasteiger partial charge in [-0.15, -0.1) is 0 Å². The normalized spacial score (nSPS) is 15.9. The van der Waals surface area contributed by atoms with Gasteiger partial charge in [0, 0.05) is 5.92 Å². The van der Waals surface area contributed by atoms with Gasteiger partial charge in [-0.1, -0.05) is 146 Å². The van der Waals surface area contributed by atoms with Gasteiger partial charge in [0.05, 0.1) is 0 Å². The van der Waals surface area contributed by atoms with Gasteiger partial charge >= 0.3 is 0 Å². The van der Waals surface area contributed by atoms with Crippen LogP contribution in [0, 0.1) is 0 Å². The molecule has 5 aromatic rings. The molecule has 2 aliphatic carbocycles. The van der Waals surface area contributed by atoms with Gasteiger partial charge in [0.2, 0.25) is 0 Å². The van der Waals surface area contributed by atoms with Gasteiger partial charge < -0.3 is 0 Å². The van der Waals surface area contributed by atoms with Crippen LogP contribution in [0.2, 0.25) is 0 Å². The summed E-state index contributed by atoms with van der Waals surface area (Å²) < 4.78 is 0. The van der Waals surface area contributed by atoms with E-state index in [1.807, 2.05) is 0 Å². The Morgan fingerprint density at radius 1 is 0.452 bits per heavy atom. The van der Waals surface area contributed by atoms with E-state index in [9.17, 15) is 0 Å². The monoisotopic (exact) mass is 538 g/mol. The van der Waals surface area contributed by atoms with E-state index in [1.54, 1.807) is 0 Å². The molecule has 42 heavy (non-hydrogen) atoms. The van der Waals surface area contributed by atoms with Crippen LogP contribution in [0.1, 0.15) is 36.3 Å². The van der Waals surface area contributed by atoms with E-state index < -0.39 is 0 Å². The molecule has 0 aromatic heterocycles. The minimum Gasteiger partial charge on any atom is -0.0842 e. The predicted molar refractivity (Wildman–Crippen MR) is 180 cm³/mol. The van der Waals surface area contributed by atoms with E-state index in [2.05, 4.69) is 164 Å². The van der Waals surface area contributed by atoms with Crippen molar-refractivity contribution in [3.05, 3.63) is 175 Å². The molecule has 0 radical (unpaired) electrons. The fourth-order valence-electron chi connectivity index (χ4n) is 6.43. The molecule has 0 saturated carbocycles. The molecule has 0 heteroatoms. The number of hydrogen-bond acceptors (Lipinski definition) is 0. The lowest BCUT2D eigenvalue weighted by molar-refractivity contribution is 0.856. The maximum atomic E-state index is 2.41. The summed E-state index contributed by atoms with van der Waals surface area (Å²) in [5.41, 5.74) is 14.2. The maximum absolute atomic E-state index is 2.41. The molecule has 1 unspecified atom stereocenters. The van der Waals surface area contributed by atoms with Gasteiger partial charge in [0.1, 0.15) is 0 Å². The fourth-order valence-corrected chi connectivity index (χ4v) is 6.43. The second kappa shape index (κ2) is 11.9. The third kappa shape index (κ3) is 5.24. The smallest absolute Gasteiger partial charge is 0.00618 e. The van der Waals surface area contributed by atoms with Crippen LogP contribution in [0.5, 0.6) is 0 Å². The second-order valence-corrected chi connectivity index (χ2v) is 11.2. The van der Waals surface area contributed by atoms with Crippen molar-refractivity contribution in [2.24, 2.45) is 0 Å². The van der Waals surface area contributed by atoms with Crippen LogP contribution in [0.15, 0.2) is 164 Å². The maximum Gasteiger partial charge on any atom is 0.00618 e. The van der Waals surface area contributed by atoms with Crippen LogP contribution in [0.4, 0.5) is 0 Å². The highest BCUT2D eigenvalue weighted by Crippen LogP contribution is 2.42. The van der Waals surface area contributed by atoms with Crippen LogP contribution in [-0.2, 0) is 0 Å². The molecule has 0 spiro atoms. The Labute approximate surface area is 249 Å². The van der Waals surface area contributed by atoms with Crippen molar-refractivity contribution in [1.29, 1.82) is 0 Å². The Hall–Kier alpha value is -4.94. The number of benzene rings is 5. The summed E-state index contributed by atoms with van der Waals surface area (Å²) in [7, 11) is 0. The Kier molecular flexibility index (Phi) is 7.36. The van der Waals surface area contributed by atoms with Crippen molar-refractivity contribution in [2.45, 2.75) is 25.2 Å².